The summed E-state index contributed by atoms with van der Waals surface area (Å²) >= 11 is 8.79. The maximum atomic E-state index is 11.0. The minimum Gasteiger partial charge on any atom is -0.301 e. The van der Waals surface area contributed by atoms with Crippen molar-refractivity contribution in [3.63, 3.8) is 0 Å². The summed E-state index contributed by atoms with van der Waals surface area (Å²) in [7, 11) is 0. The number of aromatic nitrogens is 3. The van der Waals surface area contributed by atoms with Crippen LogP contribution in [0.5, 0.6) is 0 Å². The molecule has 0 aliphatic rings. The predicted octanol–water partition coefficient (Wildman–Crippen LogP) is 3.85. The molecule has 0 aliphatic carbocycles. The number of fused-ring (bicyclic) bond motifs is 1. The monoisotopic (exact) mass is 336 g/mol. The highest BCUT2D eigenvalue weighted by Gasteiger charge is 2.10. The molecule has 0 saturated carbocycles. The van der Waals surface area contributed by atoms with Gasteiger partial charge in [0, 0.05) is 28.4 Å². The van der Waals surface area contributed by atoms with Crippen LogP contribution < -0.4 is 5.32 Å². The number of hydrogen-bond donors (Lipinski definition) is 1. The second kappa shape index (κ2) is 5.97. The number of halogens is 1. The van der Waals surface area contributed by atoms with Gasteiger partial charge < -0.3 is 5.32 Å². The second-order valence-electron chi connectivity index (χ2n) is 4.13. The van der Waals surface area contributed by atoms with Crippen LogP contribution in [0.4, 0.5) is 5.13 Å². The summed E-state index contributed by atoms with van der Waals surface area (Å²) in [5, 5.41) is 12.8. The molecule has 5 nitrogen and oxygen atoms in total. The van der Waals surface area contributed by atoms with Crippen LogP contribution in [0.15, 0.2) is 39.7 Å². The SMILES string of the molecule is CC(=O)Nc1nnc(Sc2ccnc3cc(Cl)ccc23)s1. The zero-order chi connectivity index (χ0) is 14.8. The van der Waals surface area contributed by atoms with Crippen LogP contribution >= 0.6 is 34.7 Å². The smallest absolute Gasteiger partial charge is 0.223 e. The van der Waals surface area contributed by atoms with Gasteiger partial charge in [-0.2, -0.15) is 0 Å². The van der Waals surface area contributed by atoms with E-state index in [1.165, 1.54) is 30.0 Å². The first kappa shape index (κ1) is 14.2. The Morgan fingerprint density at radius 1 is 1.33 bits per heavy atom. The Morgan fingerprint density at radius 2 is 2.19 bits per heavy atom. The molecule has 0 saturated heterocycles. The van der Waals surface area contributed by atoms with E-state index in [4.69, 9.17) is 11.6 Å². The molecule has 3 aromatic rings. The van der Waals surface area contributed by atoms with E-state index in [2.05, 4.69) is 20.5 Å². The number of pyridine rings is 1. The van der Waals surface area contributed by atoms with Gasteiger partial charge in [0.25, 0.3) is 0 Å². The fourth-order valence-electron chi connectivity index (χ4n) is 1.73. The quantitative estimate of drug-likeness (QED) is 0.736. The third-order valence-electron chi connectivity index (χ3n) is 2.55. The van der Waals surface area contributed by atoms with Gasteiger partial charge in [0.1, 0.15) is 0 Å². The fraction of sp³-hybridized carbons (Fsp3) is 0.0769. The summed E-state index contributed by atoms with van der Waals surface area (Å²) in [6.07, 6.45) is 1.73. The first-order chi connectivity index (χ1) is 10.1. The Morgan fingerprint density at radius 3 is 3.00 bits per heavy atom. The topological polar surface area (TPSA) is 67.8 Å². The Labute approximate surface area is 133 Å². The van der Waals surface area contributed by atoms with Crippen molar-refractivity contribution in [2.45, 2.75) is 16.2 Å². The minimum absolute atomic E-state index is 0.160. The van der Waals surface area contributed by atoms with Crippen molar-refractivity contribution in [2.24, 2.45) is 0 Å². The highest BCUT2D eigenvalue weighted by molar-refractivity contribution is 8.01. The standard InChI is InChI=1S/C13H9ClN4OS2/c1-7(19)16-12-17-18-13(21-12)20-11-4-5-15-10-6-8(14)2-3-9(10)11/h2-6H,1H3,(H,16,17,19). The summed E-state index contributed by atoms with van der Waals surface area (Å²) in [4.78, 5) is 16.3. The van der Waals surface area contributed by atoms with E-state index < -0.39 is 0 Å². The maximum Gasteiger partial charge on any atom is 0.223 e. The molecule has 106 valence electrons. The Bertz CT molecular complexity index is 821. The third-order valence-corrected chi connectivity index (χ3v) is 4.75. The predicted molar refractivity (Wildman–Crippen MR) is 85.1 cm³/mol. The molecule has 0 aliphatic heterocycles. The molecular weight excluding hydrogens is 328 g/mol. The molecule has 2 aromatic heterocycles. The Hall–Kier alpha value is -1.70. The molecular formula is C13H9ClN4OS2. The van der Waals surface area contributed by atoms with E-state index in [1.54, 1.807) is 6.20 Å². The van der Waals surface area contributed by atoms with Crippen LogP contribution in [0.2, 0.25) is 5.02 Å². The Balaban J connectivity index is 1.91. The minimum atomic E-state index is -0.160. The Kier molecular flexibility index (Phi) is 4.05. The molecule has 3 rings (SSSR count). The number of rotatable bonds is 3. The lowest BCUT2D eigenvalue weighted by molar-refractivity contribution is -0.114. The van der Waals surface area contributed by atoms with Gasteiger partial charge in [0.2, 0.25) is 11.0 Å². The van der Waals surface area contributed by atoms with Crippen molar-refractivity contribution >= 4 is 56.6 Å². The van der Waals surface area contributed by atoms with E-state index in [0.717, 1.165) is 20.1 Å². The molecule has 21 heavy (non-hydrogen) atoms. The van der Waals surface area contributed by atoms with Crippen LogP contribution in [-0.2, 0) is 4.79 Å². The van der Waals surface area contributed by atoms with Crippen molar-refractivity contribution in [3.05, 3.63) is 35.5 Å². The second-order valence-corrected chi connectivity index (χ2v) is 6.83. The van der Waals surface area contributed by atoms with E-state index in [-0.39, 0.29) is 5.91 Å². The first-order valence-electron chi connectivity index (χ1n) is 5.95. The molecule has 0 radical (unpaired) electrons. The van der Waals surface area contributed by atoms with Crippen LogP contribution in [0.25, 0.3) is 10.9 Å². The number of nitrogens with one attached hydrogen (secondary N) is 1. The lowest BCUT2D eigenvalue weighted by atomic mass is 10.2. The van der Waals surface area contributed by atoms with Gasteiger partial charge in [-0.1, -0.05) is 40.8 Å². The molecule has 0 spiro atoms. The molecule has 1 amide bonds. The number of anilines is 1. The third kappa shape index (κ3) is 3.31. The molecule has 0 fully saturated rings. The van der Waals surface area contributed by atoms with Crippen molar-refractivity contribution in [2.75, 3.05) is 5.32 Å². The van der Waals surface area contributed by atoms with Crippen molar-refractivity contribution in [1.29, 1.82) is 0 Å². The fourth-order valence-corrected chi connectivity index (χ4v) is 3.77. The van der Waals surface area contributed by atoms with Crippen LogP contribution in [-0.4, -0.2) is 21.1 Å². The molecule has 0 atom stereocenters. The lowest BCUT2D eigenvalue weighted by Crippen LogP contribution is -2.04. The molecule has 8 heteroatoms. The van der Waals surface area contributed by atoms with E-state index in [9.17, 15) is 4.79 Å². The maximum absolute atomic E-state index is 11.0. The zero-order valence-electron chi connectivity index (χ0n) is 10.8. The van der Waals surface area contributed by atoms with Crippen molar-refractivity contribution in [3.8, 4) is 0 Å². The molecule has 0 bridgehead atoms. The summed E-state index contributed by atoms with van der Waals surface area (Å²) in [5.41, 5.74) is 0.832. The summed E-state index contributed by atoms with van der Waals surface area (Å²) < 4.78 is 0.751. The average Bonchev–Trinajstić information content (AvgIpc) is 2.85. The van der Waals surface area contributed by atoms with Crippen molar-refractivity contribution < 1.29 is 4.79 Å². The molecule has 1 N–H and O–H groups in total. The largest absolute Gasteiger partial charge is 0.301 e. The van der Waals surface area contributed by atoms with E-state index in [0.29, 0.717) is 10.2 Å². The number of amides is 1. The number of carbonyl (C=O) groups is 1. The van der Waals surface area contributed by atoms with Crippen LogP contribution in [0.3, 0.4) is 0 Å². The first-order valence-corrected chi connectivity index (χ1v) is 7.96. The molecule has 2 heterocycles. The normalized spacial score (nSPS) is 10.8. The highest BCUT2D eigenvalue weighted by Crippen LogP contribution is 2.36. The number of carbonyl (C=O) groups excluding carboxylic acids is 1. The number of hydrogen-bond acceptors (Lipinski definition) is 6. The highest BCUT2D eigenvalue weighted by atomic mass is 35.5. The van der Waals surface area contributed by atoms with Gasteiger partial charge in [0.15, 0.2) is 4.34 Å². The van der Waals surface area contributed by atoms with Gasteiger partial charge in [-0.05, 0) is 18.2 Å². The van der Waals surface area contributed by atoms with E-state index >= 15 is 0 Å². The number of nitrogens with zero attached hydrogens (tertiary/aromatic N) is 3. The summed E-state index contributed by atoms with van der Waals surface area (Å²) in [6, 6.07) is 7.51. The van der Waals surface area contributed by atoms with Crippen molar-refractivity contribution in [1.82, 2.24) is 15.2 Å². The number of benzene rings is 1. The van der Waals surface area contributed by atoms with Gasteiger partial charge in [0.05, 0.1) is 5.52 Å². The van der Waals surface area contributed by atoms with Crippen LogP contribution in [0, 0.1) is 0 Å². The van der Waals surface area contributed by atoms with Gasteiger partial charge in [-0.15, -0.1) is 10.2 Å². The van der Waals surface area contributed by atoms with Gasteiger partial charge in [-0.25, -0.2) is 0 Å². The summed E-state index contributed by atoms with van der Waals surface area (Å²) in [5.74, 6) is -0.160. The lowest BCUT2D eigenvalue weighted by Gasteiger charge is -2.03. The molecule has 1 aromatic carbocycles. The van der Waals surface area contributed by atoms with Gasteiger partial charge >= 0.3 is 0 Å². The summed E-state index contributed by atoms with van der Waals surface area (Å²) in [6.45, 7) is 1.44. The van der Waals surface area contributed by atoms with Gasteiger partial charge in [-0.3, -0.25) is 9.78 Å². The van der Waals surface area contributed by atoms with E-state index in [1.807, 2.05) is 24.3 Å². The van der Waals surface area contributed by atoms with Crippen LogP contribution in [0.1, 0.15) is 6.92 Å². The zero-order valence-corrected chi connectivity index (χ0v) is 13.2. The average molecular weight is 337 g/mol. The molecule has 0 unspecified atom stereocenters.